The van der Waals surface area contributed by atoms with E-state index in [1.807, 2.05) is 0 Å². The molecular formula is C12H6Cl2F2N2O3. The molecule has 21 heavy (non-hydrogen) atoms. The molecule has 0 aliphatic heterocycles. The minimum Gasteiger partial charge on any atom is -0.411 e. The van der Waals surface area contributed by atoms with E-state index in [-0.39, 0.29) is 5.02 Å². The second-order valence-corrected chi connectivity index (χ2v) is 4.63. The van der Waals surface area contributed by atoms with Gasteiger partial charge in [0.1, 0.15) is 0 Å². The summed E-state index contributed by atoms with van der Waals surface area (Å²) in [6.07, 6.45) is 1.17. The predicted molar refractivity (Wildman–Crippen MR) is 73.0 cm³/mol. The fourth-order valence-corrected chi connectivity index (χ4v) is 1.88. The van der Waals surface area contributed by atoms with Crippen molar-refractivity contribution >= 4 is 28.9 Å². The van der Waals surface area contributed by atoms with Crippen molar-refractivity contribution in [2.45, 2.75) is 6.61 Å². The molecule has 1 aromatic heterocycles. The number of hydrogen-bond donors (Lipinski definition) is 0. The average Bonchev–Trinajstić information content (AvgIpc) is 2.41. The van der Waals surface area contributed by atoms with Gasteiger partial charge in [0.15, 0.2) is 0 Å². The summed E-state index contributed by atoms with van der Waals surface area (Å²) in [5, 5.41) is 11.5. The number of nitrogens with zero attached hydrogens (tertiary/aromatic N) is 2. The monoisotopic (exact) mass is 334 g/mol. The standard InChI is InChI=1S/C12H6Cl2F2N2O3/c13-8-2-1-6(3-9(8)14)7-4-10(18(19)20)11(17-5-7)21-12(15)16/h1-5,12H. The zero-order valence-electron chi connectivity index (χ0n) is 10.1. The Bertz CT molecular complexity index is 698. The van der Waals surface area contributed by atoms with Crippen molar-refractivity contribution in [2.75, 3.05) is 0 Å². The molecule has 0 spiro atoms. The van der Waals surface area contributed by atoms with Crippen molar-refractivity contribution in [1.82, 2.24) is 4.98 Å². The lowest BCUT2D eigenvalue weighted by Gasteiger charge is -2.07. The lowest BCUT2D eigenvalue weighted by molar-refractivity contribution is -0.386. The molecule has 5 nitrogen and oxygen atoms in total. The SMILES string of the molecule is O=[N+]([O-])c1cc(-c2ccc(Cl)c(Cl)c2)cnc1OC(F)F. The second kappa shape index (κ2) is 6.19. The maximum atomic E-state index is 12.2. The lowest BCUT2D eigenvalue weighted by Crippen LogP contribution is -2.06. The topological polar surface area (TPSA) is 65.3 Å². The molecule has 0 atom stereocenters. The number of alkyl halides is 2. The highest BCUT2D eigenvalue weighted by molar-refractivity contribution is 6.42. The number of halogens is 4. The van der Waals surface area contributed by atoms with Crippen molar-refractivity contribution in [3.63, 3.8) is 0 Å². The Morgan fingerprint density at radius 1 is 1.19 bits per heavy atom. The fraction of sp³-hybridized carbons (Fsp3) is 0.0833. The third-order valence-corrected chi connectivity index (χ3v) is 3.22. The molecule has 0 saturated carbocycles. The van der Waals surface area contributed by atoms with E-state index in [4.69, 9.17) is 23.2 Å². The highest BCUT2D eigenvalue weighted by Crippen LogP contribution is 2.33. The van der Waals surface area contributed by atoms with Crippen LogP contribution in [0.2, 0.25) is 10.0 Å². The number of pyridine rings is 1. The van der Waals surface area contributed by atoms with Gasteiger partial charge < -0.3 is 4.74 Å². The Morgan fingerprint density at radius 3 is 2.48 bits per heavy atom. The quantitative estimate of drug-likeness (QED) is 0.607. The van der Waals surface area contributed by atoms with Crippen molar-refractivity contribution in [1.29, 1.82) is 0 Å². The number of aromatic nitrogens is 1. The molecule has 0 aliphatic rings. The van der Waals surface area contributed by atoms with Crippen LogP contribution in [0, 0.1) is 10.1 Å². The van der Waals surface area contributed by atoms with E-state index in [1.165, 1.54) is 18.3 Å². The maximum Gasteiger partial charge on any atom is 0.388 e. The van der Waals surface area contributed by atoms with Gasteiger partial charge in [-0.15, -0.1) is 0 Å². The fourth-order valence-electron chi connectivity index (χ4n) is 1.58. The van der Waals surface area contributed by atoms with Crippen LogP contribution in [0.5, 0.6) is 5.88 Å². The average molecular weight is 335 g/mol. The zero-order valence-corrected chi connectivity index (χ0v) is 11.6. The number of benzene rings is 1. The van der Waals surface area contributed by atoms with Crippen LogP contribution in [0.25, 0.3) is 11.1 Å². The van der Waals surface area contributed by atoms with Crippen LogP contribution in [0.3, 0.4) is 0 Å². The molecule has 110 valence electrons. The van der Waals surface area contributed by atoms with Crippen LogP contribution in [0.15, 0.2) is 30.5 Å². The van der Waals surface area contributed by atoms with E-state index in [0.29, 0.717) is 16.1 Å². The lowest BCUT2D eigenvalue weighted by atomic mass is 10.1. The molecule has 0 radical (unpaired) electrons. The van der Waals surface area contributed by atoms with Crippen LogP contribution in [0.1, 0.15) is 0 Å². The molecule has 0 amide bonds. The normalized spacial score (nSPS) is 10.7. The minimum absolute atomic E-state index is 0.254. The highest BCUT2D eigenvalue weighted by Gasteiger charge is 2.21. The molecule has 2 rings (SSSR count). The van der Waals surface area contributed by atoms with Crippen molar-refractivity contribution < 1.29 is 18.4 Å². The first-order valence-corrected chi connectivity index (χ1v) is 6.18. The third kappa shape index (κ3) is 3.56. The third-order valence-electron chi connectivity index (χ3n) is 2.48. The molecule has 2 aromatic rings. The van der Waals surface area contributed by atoms with E-state index in [9.17, 15) is 18.9 Å². The van der Waals surface area contributed by atoms with E-state index in [0.717, 1.165) is 6.07 Å². The molecule has 9 heteroatoms. The number of rotatable bonds is 4. The highest BCUT2D eigenvalue weighted by atomic mass is 35.5. The van der Waals surface area contributed by atoms with Gasteiger partial charge in [0, 0.05) is 17.8 Å². The van der Waals surface area contributed by atoms with E-state index in [2.05, 4.69) is 9.72 Å². The first kappa shape index (κ1) is 15.4. The first-order valence-electron chi connectivity index (χ1n) is 5.43. The summed E-state index contributed by atoms with van der Waals surface area (Å²) in [6, 6.07) is 5.64. The summed E-state index contributed by atoms with van der Waals surface area (Å²) < 4.78 is 28.3. The Hall–Kier alpha value is -1.99. The predicted octanol–water partition coefficient (Wildman–Crippen LogP) is 4.57. The van der Waals surface area contributed by atoms with E-state index < -0.39 is 23.1 Å². The van der Waals surface area contributed by atoms with Crippen LogP contribution >= 0.6 is 23.2 Å². The van der Waals surface area contributed by atoms with Crippen molar-refractivity contribution in [3.8, 4) is 17.0 Å². The molecule has 0 fully saturated rings. The second-order valence-electron chi connectivity index (χ2n) is 3.81. The molecule has 0 N–H and O–H groups in total. The van der Waals surface area contributed by atoms with Crippen LogP contribution < -0.4 is 4.74 Å². The first-order chi connectivity index (χ1) is 9.88. The molecule has 0 saturated heterocycles. The molecule has 0 bridgehead atoms. The summed E-state index contributed by atoms with van der Waals surface area (Å²) in [4.78, 5) is 13.6. The van der Waals surface area contributed by atoms with Crippen LogP contribution in [-0.4, -0.2) is 16.5 Å². The summed E-state index contributed by atoms with van der Waals surface area (Å²) in [7, 11) is 0. The van der Waals surface area contributed by atoms with Crippen molar-refractivity contribution in [2.24, 2.45) is 0 Å². The molecule has 1 heterocycles. The molecule has 0 aliphatic carbocycles. The van der Waals surface area contributed by atoms with Crippen LogP contribution in [0.4, 0.5) is 14.5 Å². The van der Waals surface area contributed by atoms with Gasteiger partial charge in [0.2, 0.25) is 0 Å². The van der Waals surface area contributed by atoms with Crippen LogP contribution in [-0.2, 0) is 0 Å². The van der Waals surface area contributed by atoms with Gasteiger partial charge in [-0.1, -0.05) is 29.3 Å². The van der Waals surface area contributed by atoms with E-state index in [1.54, 1.807) is 6.07 Å². The zero-order chi connectivity index (χ0) is 15.6. The molecule has 0 unspecified atom stereocenters. The van der Waals surface area contributed by atoms with Gasteiger partial charge in [0.05, 0.1) is 15.0 Å². The van der Waals surface area contributed by atoms with Gasteiger partial charge in [-0.25, -0.2) is 4.98 Å². The van der Waals surface area contributed by atoms with Gasteiger partial charge in [-0.3, -0.25) is 10.1 Å². The van der Waals surface area contributed by atoms with Gasteiger partial charge >= 0.3 is 12.3 Å². The van der Waals surface area contributed by atoms with Crippen molar-refractivity contribution in [3.05, 3.63) is 50.6 Å². The number of nitro groups is 1. The Balaban J connectivity index is 2.48. The Morgan fingerprint density at radius 2 is 1.90 bits per heavy atom. The minimum atomic E-state index is -3.20. The van der Waals surface area contributed by atoms with E-state index >= 15 is 0 Å². The Labute approximate surface area is 127 Å². The Kier molecular flexibility index (Phi) is 4.54. The van der Waals surface area contributed by atoms with Gasteiger partial charge in [-0.05, 0) is 17.7 Å². The summed E-state index contributed by atoms with van der Waals surface area (Å²) in [5.74, 6) is -0.751. The molecule has 1 aromatic carbocycles. The largest absolute Gasteiger partial charge is 0.411 e. The summed E-state index contributed by atoms with van der Waals surface area (Å²) >= 11 is 11.6. The number of ether oxygens (including phenoxy) is 1. The maximum absolute atomic E-state index is 12.2. The van der Waals surface area contributed by atoms with Gasteiger partial charge in [0.25, 0.3) is 5.88 Å². The van der Waals surface area contributed by atoms with Gasteiger partial charge in [-0.2, -0.15) is 8.78 Å². The summed E-state index contributed by atoms with van der Waals surface area (Å²) in [6.45, 7) is -3.20. The smallest absolute Gasteiger partial charge is 0.388 e. The molecular weight excluding hydrogens is 329 g/mol. The summed E-state index contributed by atoms with van der Waals surface area (Å²) in [5.41, 5.74) is 0.157. The number of hydrogen-bond acceptors (Lipinski definition) is 4.